The van der Waals surface area contributed by atoms with E-state index in [1.807, 2.05) is 12.1 Å². The molecule has 1 saturated heterocycles. The first-order valence-electron chi connectivity index (χ1n) is 7.04. The molecule has 0 radical (unpaired) electrons. The fraction of sp³-hybridized carbons (Fsp3) is 0.467. The number of nitrogens with zero attached hydrogens (tertiary/aromatic N) is 1. The van der Waals surface area contributed by atoms with E-state index in [2.05, 4.69) is 5.32 Å². The fourth-order valence-electron chi connectivity index (χ4n) is 2.82. The van der Waals surface area contributed by atoms with Crippen LogP contribution in [0.3, 0.4) is 0 Å². The molecule has 21 heavy (non-hydrogen) atoms. The molecule has 1 aromatic rings. The van der Waals surface area contributed by atoms with Gasteiger partial charge in [-0.15, -0.1) is 0 Å². The number of likely N-dealkylation sites (N-methyl/N-ethyl adjacent to an activating group) is 1. The largest absolute Gasteiger partial charge is 0.493 e. The Hall–Kier alpha value is -1.59. The predicted octanol–water partition coefficient (Wildman–Crippen LogP) is 1.51. The summed E-state index contributed by atoms with van der Waals surface area (Å²) < 4.78 is 5.64. The normalized spacial score (nSPS) is 21.4. The second kappa shape index (κ2) is 5.66. The highest BCUT2D eigenvalue weighted by Crippen LogP contribution is 2.32. The van der Waals surface area contributed by atoms with Crippen molar-refractivity contribution in [2.45, 2.75) is 31.8 Å². The van der Waals surface area contributed by atoms with Gasteiger partial charge in [-0.1, -0.05) is 11.6 Å². The minimum Gasteiger partial charge on any atom is -0.493 e. The molecule has 0 bridgehead atoms. The smallest absolute Gasteiger partial charge is 0.246 e. The lowest BCUT2D eigenvalue weighted by Gasteiger charge is -2.28. The third-order valence-corrected chi connectivity index (χ3v) is 4.23. The maximum Gasteiger partial charge on any atom is 0.246 e. The van der Waals surface area contributed by atoms with Crippen molar-refractivity contribution in [2.24, 2.45) is 0 Å². The third kappa shape index (κ3) is 2.76. The van der Waals surface area contributed by atoms with Crippen LogP contribution in [0.1, 0.15) is 24.0 Å². The molecule has 2 aliphatic rings. The number of nitrogens with one attached hydrogen (secondary N) is 1. The molecule has 112 valence electrons. The van der Waals surface area contributed by atoms with Crippen molar-refractivity contribution in [1.29, 1.82) is 0 Å². The lowest BCUT2D eigenvalue weighted by atomic mass is 10.0. The van der Waals surface area contributed by atoms with Gasteiger partial charge in [0.25, 0.3) is 0 Å². The van der Waals surface area contributed by atoms with E-state index in [0.717, 1.165) is 23.3 Å². The van der Waals surface area contributed by atoms with Gasteiger partial charge in [-0.3, -0.25) is 14.5 Å². The fourth-order valence-corrected chi connectivity index (χ4v) is 3.08. The number of likely N-dealkylation sites (tertiary alicyclic amines) is 1. The average molecular weight is 309 g/mol. The lowest BCUT2D eigenvalue weighted by molar-refractivity contribution is -0.148. The molecule has 1 fully saturated rings. The molecule has 0 saturated carbocycles. The molecule has 3 rings (SSSR count). The van der Waals surface area contributed by atoms with Crippen molar-refractivity contribution >= 4 is 23.4 Å². The van der Waals surface area contributed by atoms with E-state index in [-0.39, 0.29) is 17.9 Å². The highest BCUT2D eigenvalue weighted by atomic mass is 35.5. The van der Waals surface area contributed by atoms with E-state index < -0.39 is 0 Å². The molecule has 2 heterocycles. The first-order valence-corrected chi connectivity index (χ1v) is 7.42. The molecule has 1 aromatic carbocycles. The summed E-state index contributed by atoms with van der Waals surface area (Å²) in [5.74, 6) is 0.579. The van der Waals surface area contributed by atoms with E-state index in [0.29, 0.717) is 31.0 Å². The minimum absolute atomic E-state index is 0.120. The Kier molecular flexibility index (Phi) is 3.87. The summed E-state index contributed by atoms with van der Waals surface area (Å²) >= 11 is 6.12. The molecular formula is C15H17ClN2O3. The van der Waals surface area contributed by atoms with Crippen molar-refractivity contribution in [3.63, 3.8) is 0 Å². The molecule has 0 spiro atoms. The Morgan fingerprint density at radius 1 is 1.38 bits per heavy atom. The van der Waals surface area contributed by atoms with Crippen molar-refractivity contribution in [1.82, 2.24) is 10.2 Å². The number of amides is 2. The second-order valence-corrected chi connectivity index (χ2v) is 5.85. The van der Waals surface area contributed by atoms with Crippen LogP contribution in [0.2, 0.25) is 5.02 Å². The van der Waals surface area contributed by atoms with Gasteiger partial charge in [0.15, 0.2) is 0 Å². The van der Waals surface area contributed by atoms with Gasteiger partial charge in [-0.25, -0.2) is 0 Å². The number of benzene rings is 1. The zero-order chi connectivity index (χ0) is 15.0. The van der Waals surface area contributed by atoms with Crippen molar-refractivity contribution < 1.29 is 14.3 Å². The van der Waals surface area contributed by atoms with Crippen LogP contribution in [-0.2, 0) is 22.6 Å². The van der Waals surface area contributed by atoms with E-state index >= 15 is 0 Å². The molecule has 2 amide bonds. The van der Waals surface area contributed by atoms with Gasteiger partial charge >= 0.3 is 0 Å². The van der Waals surface area contributed by atoms with Crippen molar-refractivity contribution in [2.75, 3.05) is 13.7 Å². The van der Waals surface area contributed by atoms with Crippen molar-refractivity contribution in [3.8, 4) is 5.75 Å². The predicted molar refractivity (Wildman–Crippen MR) is 78.3 cm³/mol. The standard InChI is InChI=1S/C15H17ClN2O3/c1-18-13(19)3-2-12(15(18)20)17-8-10-7-11(16)6-9-4-5-21-14(9)10/h6-7,12,17H,2-5,8H2,1H3. The molecule has 1 atom stereocenters. The number of carbonyl (C=O) groups is 2. The van der Waals surface area contributed by atoms with Gasteiger partial charge in [0, 0.05) is 37.0 Å². The Morgan fingerprint density at radius 3 is 3.00 bits per heavy atom. The van der Waals surface area contributed by atoms with Crippen LogP contribution < -0.4 is 10.1 Å². The van der Waals surface area contributed by atoms with Gasteiger partial charge in [0.05, 0.1) is 12.6 Å². The number of imide groups is 1. The number of hydrogen-bond donors (Lipinski definition) is 1. The lowest BCUT2D eigenvalue weighted by Crippen LogP contribution is -2.51. The van der Waals surface area contributed by atoms with Crippen LogP contribution in [0.5, 0.6) is 5.75 Å². The van der Waals surface area contributed by atoms with Crippen LogP contribution in [0.15, 0.2) is 12.1 Å². The molecule has 2 aliphatic heterocycles. The number of fused-ring (bicyclic) bond motifs is 1. The first-order chi connectivity index (χ1) is 10.1. The molecule has 0 aromatic heterocycles. The Bertz CT molecular complexity index is 603. The van der Waals surface area contributed by atoms with Gasteiger partial charge in [-0.05, 0) is 24.1 Å². The number of ether oxygens (including phenoxy) is 1. The first kappa shape index (κ1) is 14.4. The average Bonchev–Trinajstić information content (AvgIpc) is 2.92. The SMILES string of the molecule is CN1C(=O)CCC(NCc2cc(Cl)cc3c2OCC3)C1=O. The monoisotopic (exact) mass is 308 g/mol. The summed E-state index contributed by atoms with van der Waals surface area (Å²) in [6.45, 7) is 1.17. The number of halogens is 1. The quantitative estimate of drug-likeness (QED) is 0.860. The maximum absolute atomic E-state index is 12.0. The van der Waals surface area contributed by atoms with Crippen LogP contribution in [0, 0.1) is 0 Å². The van der Waals surface area contributed by atoms with Crippen molar-refractivity contribution in [3.05, 3.63) is 28.3 Å². The number of hydrogen-bond acceptors (Lipinski definition) is 4. The van der Waals surface area contributed by atoms with E-state index in [9.17, 15) is 9.59 Å². The second-order valence-electron chi connectivity index (χ2n) is 5.41. The molecule has 0 aliphatic carbocycles. The van der Waals surface area contributed by atoms with E-state index in [4.69, 9.17) is 16.3 Å². The third-order valence-electron chi connectivity index (χ3n) is 4.01. The highest BCUT2D eigenvalue weighted by Gasteiger charge is 2.31. The molecule has 1 unspecified atom stereocenters. The molecule has 5 nitrogen and oxygen atoms in total. The Balaban J connectivity index is 1.71. The van der Waals surface area contributed by atoms with Gasteiger partial charge in [0.2, 0.25) is 11.8 Å². The Labute approximate surface area is 128 Å². The summed E-state index contributed by atoms with van der Waals surface area (Å²) in [6, 6.07) is 3.45. The summed E-state index contributed by atoms with van der Waals surface area (Å²) in [5, 5.41) is 3.89. The van der Waals surface area contributed by atoms with E-state index in [1.165, 1.54) is 11.9 Å². The zero-order valence-corrected chi connectivity index (χ0v) is 12.6. The zero-order valence-electron chi connectivity index (χ0n) is 11.8. The van der Waals surface area contributed by atoms with Crippen LogP contribution in [0.4, 0.5) is 0 Å². The summed E-state index contributed by atoms with van der Waals surface area (Å²) in [4.78, 5) is 24.7. The van der Waals surface area contributed by atoms with E-state index in [1.54, 1.807) is 0 Å². The molecule has 1 N–H and O–H groups in total. The molecule has 6 heteroatoms. The van der Waals surface area contributed by atoms with Crippen LogP contribution >= 0.6 is 11.6 Å². The number of carbonyl (C=O) groups excluding carboxylic acids is 2. The van der Waals surface area contributed by atoms with Crippen LogP contribution in [-0.4, -0.2) is 36.4 Å². The minimum atomic E-state index is -0.330. The summed E-state index contributed by atoms with van der Waals surface area (Å²) in [6.07, 6.45) is 1.79. The highest BCUT2D eigenvalue weighted by molar-refractivity contribution is 6.30. The van der Waals surface area contributed by atoms with Crippen LogP contribution in [0.25, 0.3) is 0 Å². The topological polar surface area (TPSA) is 58.6 Å². The summed E-state index contributed by atoms with van der Waals surface area (Å²) in [5.41, 5.74) is 2.07. The van der Waals surface area contributed by atoms with Gasteiger partial charge < -0.3 is 10.1 Å². The van der Waals surface area contributed by atoms with Gasteiger partial charge in [-0.2, -0.15) is 0 Å². The molecular weight excluding hydrogens is 292 g/mol. The van der Waals surface area contributed by atoms with Gasteiger partial charge in [0.1, 0.15) is 5.75 Å². The number of rotatable bonds is 3. The number of piperidine rings is 1. The summed E-state index contributed by atoms with van der Waals surface area (Å²) in [7, 11) is 1.53. The Morgan fingerprint density at radius 2 is 2.19 bits per heavy atom. The maximum atomic E-state index is 12.0.